The van der Waals surface area contributed by atoms with Crippen molar-refractivity contribution in [1.29, 1.82) is 0 Å². The number of aromatic nitrogens is 1. The number of carbonyl (C=O) groups is 2. The van der Waals surface area contributed by atoms with E-state index in [1.807, 2.05) is 0 Å². The van der Waals surface area contributed by atoms with Crippen LogP contribution >= 0.6 is 0 Å². The molecular weight excluding hydrogens is 329 g/mol. The lowest BCUT2D eigenvalue weighted by molar-refractivity contribution is -0.154. The normalized spacial score (nSPS) is 11.9. The third-order valence-electron chi connectivity index (χ3n) is 3.73. The minimum Gasteiger partial charge on any atom is -0.481 e. The molecule has 1 heterocycles. The molecular formula is C15H19F3N2O4. The number of carboxylic acid groups (broad SMARTS) is 1. The summed E-state index contributed by atoms with van der Waals surface area (Å²) < 4.78 is 40.8. The Labute approximate surface area is 137 Å². The zero-order chi connectivity index (χ0) is 18.4. The number of ether oxygens (including phenoxy) is 1. The van der Waals surface area contributed by atoms with Gasteiger partial charge in [0.05, 0.1) is 5.41 Å². The lowest BCUT2D eigenvalue weighted by Gasteiger charge is -2.26. The molecule has 0 spiro atoms. The van der Waals surface area contributed by atoms with Crippen LogP contribution in [-0.4, -0.2) is 41.3 Å². The van der Waals surface area contributed by atoms with Crippen molar-refractivity contribution >= 4 is 11.9 Å². The fraction of sp³-hybridized carbons (Fsp3) is 0.533. The number of hydrogen-bond donors (Lipinski definition) is 2. The lowest BCUT2D eigenvalue weighted by Crippen LogP contribution is -2.42. The van der Waals surface area contributed by atoms with Crippen molar-refractivity contribution in [2.24, 2.45) is 5.41 Å². The monoisotopic (exact) mass is 348 g/mol. The average Bonchev–Trinajstić information content (AvgIpc) is 2.53. The van der Waals surface area contributed by atoms with Gasteiger partial charge in [0.15, 0.2) is 6.61 Å². The Balaban J connectivity index is 2.76. The number of halogens is 3. The van der Waals surface area contributed by atoms with E-state index in [9.17, 15) is 27.9 Å². The van der Waals surface area contributed by atoms with E-state index in [1.165, 1.54) is 18.2 Å². The summed E-state index contributed by atoms with van der Waals surface area (Å²) in [5, 5.41) is 11.8. The van der Waals surface area contributed by atoms with Gasteiger partial charge in [-0.05, 0) is 18.9 Å². The van der Waals surface area contributed by atoms with Crippen LogP contribution in [0.2, 0.25) is 0 Å². The molecule has 0 aliphatic carbocycles. The number of nitrogens with one attached hydrogen (secondary N) is 1. The number of pyridine rings is 1. The number of hydrogen-bond acceptors (Lipinski definition) is 4. The van der Waals surface area contributed by atoms with Gasteiger partial charge in [0.25, 0.3) is 5.91 Å². The van der Waals surface area contributed by atoms with Crippen LogP contribution in [-0.2, 0) is 4.79 Å². The number of nitrogens with zero attached hydrogens (tertiary/aromatic N) is 1. The maximum absolute atomic E-state index is 12.1. The van der Waals surface area contributed by atoms with Crippen LogP contribution in [0.4, 0.5) is 13.2 Å². The number of carboxylic acids is 1. The summed E-state index contributed by atoms with van der Waals surface area (Å²) >= 11 is 0. The van der Waals surface area contributed by atoms with Gasteiger partial charge in [-0.2, -0.15) is 13.2 Å². The zero-order valence-corrected chi connectivity index (χ0v) is 13.3. The quantitative estimate of drug-likeness (QED) is 0.754. The molecule has 1 rings (SSSR count). The van der Waals surface area contributed by atoms with E-state index < -0.39 is 30.1 Å². The summed E-state index contributed by atoms with van der Waals surface area (Å²) in [7, 11) is 0. The molecule has 0 aliphatic heterocycles. The van der Waals surface area contributed by atoms with E-state index in [-0.39, 0.29) is 18.1 Å². The summed E-state index contributed by atoms with van der Waals surface area (Å²) in [6.45, 7) is 1.78. The smallest absolute Gasteiger partial charge is 0.422 e. The Morgan fingerprint density at radius 2 is 1.88 bits per heavy atom. The third kappa shape index (κ3) is 5.39. The Kier molecular flexibility index (Phi) is 6.56. The standard InChI is InChI=1S/C15H19F3N2O4/c1-3-14(4-2,13(22)23)8-19-12(21)10-6-5-7-11(20-10)24-9-15(16,17)18/h5-7H,3-4,8-9H2,1-2H3,(H,19,21)(H,22,23). The second-order valence-electron chi connectivity index (χ2n) is 5.24. The van der Waals surface area contributed by atoms with Crippen LogP contribution in [0.5, 0.6) is 5.88 Å². The highest BCUT2D eigenvalue weighted by Gasteiger charge is 2.35. The van der Waals surface area contributed by atoms with E-state index in [1.54, 1.807) is 13.8 Å². The van der Waals surface area contributed by atoms with Crippen molar-refractivity contribution < 1.29 is 32.6 Å². The van der Waals surface area contributed by atoms with Crippen molar-refractivity contribution in [2.75, 3.05) is 13.2 Å². The van der Waals surface area contributed by atoms with Crippen LogP contribution in [0, 0.1) is 5.41 Å². The molecule has 0 atom stereocenters. The second kappa shape index (κ2) is 7.98. The molecule has 134 valence electrons. The highest BCUT2D eigenvalue weighted by molar-refractivity contribution is 5.92. The summed E-state index contributed by atoms with van der Waals surface area (Å²) in [6, 6.07) is 3.83. The van der Waals surface area contributed by atoms with Gasteiger partial charge in [-0.1, -0.05) is 19.9 Å². The average molecular weight is 348 g/mol. The summed E-state index contributed by atoms with van der Waals surface area (Å²) in [6.07, 6.45) is -3.87. The van der Waals surface area contributed by atoms with Crippen LogP contribution in [0.1, 0.15) is 37.2 Å². The molecule has 0 unspecified atom stereocenters. The van der Waals surface area contributed by atoms with E-state index >= 15 is 0 Å². The van der Waals surface area contributed by atoms with E-state index in [2.05, 4.69) is 15.0 Å². The Hall–Kier alpha value is -2.32. The molecule has 0 bridgehead atoms. The Morgan fingerprint density at radius 3 is 2.38 bits per heavy atom. The molecule has 0 aromatic carbocycles. The molecule has 0 saturated carbocycles. The SMILES string of the molecule is CCC(CC)(CNC(=O)c1cccc(OCC(F)(F)F)n1)C(=O)O. The topological polar surface area (TPSA) is 88.5 Å². The van der Waals surface area contributed by atoms with Crippen molar-refractivity contribution in [3.63, 3.8) is 0 Å². The Bertz CT molecular complexity index is 586. The van der Waals surface area contributed by atoms with Gasteiger partial charge in [-0.25, -0.2) is 4.98 Å². The van der Waals surface area contributed by atoms with Gasteiger partial charge in [0, 0.05) is 12.6 Å². The first-order valence-corrected chi connectivity index (χ1v) is 7.31. The lowest BCUT2D eigenvalue weighted by atomic mass is 9.82. The largest absolute Gasteiger partial charge is 0.481 e. The molecule has 6 nitrogen and oxygen atoms in total. The van der Waals surface area contributed by atoms with Crippen LogP contribution in [0.3, 0.4) is 0 Å². The van der Waals surface area contributed by atoms with Gasteiger partial charge in [-0.3, -0.25) is 9.59 Å². The van der Waals surface area contributed by atoms with Crippen LogP contribution < -0.4 is 10.1 Å². The van der Waals surface area contributed by atoms with E-state index in [0.717, 1.165) is 0 Å². The predicted octanol–water partition coefficient (Wildman–Crippen LogP) is 2.64. The maximum Gasteiger partial charge on any atom is 0.422 e. The molecule has 1 amide bonds. The highest BCUT2D eigenvalue weighted by Crippen LogP contribution is 2.25. The first-order chi connectivity index (χ1) is 11.1. The number of alkyl halides is 3. The number of aliphatic carboxylic acids is 1. The minimum absolute atomic E-state index is 0.108. The molecule has 1 aromatic heterocycles. The zero-order valence-electron chi connectivity index (χ0n) is 13.3. The van der Waals surface area contributed by atoms with Crippen molar-refractivity contribution in [1.82, 2.24) is 10.3 Å². The van der Waals surface area contributed by atoms with Crippen LogP contribution in [0.15, 0.2) is 18.2 Å². The summed E-state index contributed by atoms with van der Waals surface area (Å²) in [5.74, 6) is -2.04. The van der Waals surface area contributed by atoms with Gasteiger partial charge < -0.3 is 15.2 Å². The maximum atomic E-state index is 12.1. The fourth-order valence-corrected chi connectivity index (χ4v) is 2.00. The van der Waals surface area contributed by atoms with Gasteiger partial charge in [0.1, 0.15) is 5.69 Å². The number of amides is 1. The molecule has 24 heavy (non-hydrogen) atoms. The third-order valence-corrected chi connectivity index (χ3v) is 3.73. The molecule has 0 fully saturated rings. The summed E-state index contributed by atoms with van der Waals surface area (Å²) in [4.78, 5) is 27.1. The number of rotatable bonds is 8. The van der Waals surface area contributed by atoms with Gasteiger partial charge in [-0.15, -0.1) is 0 Å². The van der Waals surface area contributed by atoms with E-state index in [4.69, 9.17) is 0 Å². The van der Waals surface area contributed by atoms with Crippen LogP contribution in [0.25, 0.3) is 0 Å². The van der Waals surface area contributed by atoms with Crippen molar-refractivity contribution in [3.05, 3.63) is 23.9 Å². The molecule has 2 N–H and O–H groups in total. The second-order valence-corrected chi connectivity index (χ2v) is 5.24. The molecule has 1 aromatic rings. The fourth-order valence-electron chi connectivity index (χ4n) is 2.00. The predicted molar refractivity (Wildman–Crippen MR) is 78.8 cm³/mol. The molecule has 0 radical (unpaired) electrons. The first kappa shape index (κ1) is 19.7. The van der Waals surface area contributed by atoms with Crippen molar-refractivity contribution in [3.8, 4) is 5.88 Å². The molecule has 0 saturated heterocycles. The number of carbonyl (C=O) groups excluding carboxylic acids is 1. The first-order valence-electron chi connectivity index (χ1n) is 7.31. The van der Waals surface area contributed by atoms with E-state index in [0.29, 0.717) is 12.8 Å². The highest BCUT2D eigenvalue weighted by atomic mass is 19.4. The molecule has 9 heteroatoms. The van der Waals surface area contributed by atoms with Crippen molar-refractivity contribution in [2.45, 2.75) is 32.9 Å². The minimum atomic E-state index is -4.51. The van der Waals surface area contributed by atoms with Gasteiger partial charge >= 0.3 is 12.1 Å². The van der Waals surface area contributed by atoms with Gasteiger partial charge in [0.2, 0.25) is 5.88 Å². The summed E-state index contributed by atoms with van der Waals surface area (Å²) in [5.41, 5.74) is -1.25. The Morgan fingerprint density at radius 1 is 1.25 bits per heavy atom. The molecule has 0 aliphatic rings.